The van der Waals surface area contributed by atoms with Gasteiger partial charge in [0, 0.05) is 54.2 Å². The van der Waals surface area contributed by atoms with Crippen LogP contribution in [0.1, 0.15) is 37.1 Å². The number of aryl methyl sites for hydroxylation is 1. The monoisotopic (exact) mass is 464 g/mol. The molecule has 0 amide bonds. The molecule has 0 unspecified atom stereocenters. The van der Waals surface area contributed by atoms with E-state index in [-0.39, 0.29) is 23.6 Å². The summed E-state index contributed by atoms with van der Waals surface area (Å²) in [4.78, 5) is 16.1. The van der Waals surface area contributed by atoms with Crippen molar-refractivity contribution in [1.29, 1.82) is 0 Å². The molecule has 6 nitrogen and oxygen atoms in total. The average molecular weight is 465 g/mol. The standard InChI is InChI=1S/C23H29ClN4O2.ClH/c1-16-13-22(29)23(30)21(28(16)2)15-25-10-5-3-4-6-11-26-19-9-12-27-20-14-17(24)7-8-18(19)20;/h7-9,12-14,25,30H,3-6,10-11,15H2,1-2H3,(H,26,27);1H. The van der Waals surface area contributed by atoms with Gasteiger partial charge in [0.25, 0.3) is 0 Å². The highest BCUT2D eigenvalue weighted by atomic mass is 35.5. The number of benzene rings is 1. The van der Waals surface area contributed by atoms with Crippen LogP contribution in [0.3, 0.4) is 0 Å². The normalized spacial score (nSPS) is 10.8. The molecule has 0 bridgehead atoms. The minimum Gasteiger partial charge on any atom is -0.503 e. The van der Waals surface area contributed by atoms with Crippen LogP contribution in [0, 0.1) is 6.92 Å². The number of unbranched alkanes of at least 4 members (excludes halogenated alkanes) is 3. The number of nitrogens with one attached hydrogen (secondary N) is 2. The van der Waals surface area contributed by atoms with E-state index in [1.165, 1.54) is 6.07 Å². The molecule has 3 N–H and O–H groups in total. The minimum atomic E-state index is -0.319. The van der Waals surface area contributed by atoms with Crippen molar-refractivity contribution < 1.29 is 5.11 Å². The van der Waals surface area contributed by atoms with Gasteiger partial charge in [0.15, 0.2) is 5.75 Å². The first-order valence-electron chi connectivity index (χ1n) is 10.3. The molecule has 0 radical (unpaired) electrons. The number of anilines is 1. The number of aromatic nitrogens is 2. The highest BCUT2D eigenvalue weighted by Crippen LogP contribution is 2.24. The van der Waals surface area contributed by atoms with Gasteiger partial charge in [-0.25, -0.2) is 0 Å². The number of fused-ring (bicyclic) bond motifs is 1. The zero-order chi connectivity index (χ0) is 21.5. The van der Waals surface area contributed by atoms with Crippen LogP contribution in [0.2, 0.25) is 5.02 Å². The quantitative estimate of drug-likeness (QED) is 0.376. The molecule has 0 saturated heterocycles. The Morgan fingerprint density at radius 3 is 2.61 bits per heavy atom. The summed E-state index contributed by atoms with van der Waals surface area (Å²) in [5.74, 6) is -0.160. The van der Waals surface area contributed by atoms with Gasteiger partial charge in [0.05, 0.1) is 11.2 Å². The summed E-state index contributed by atoms with van der Waals surface area (Å²) in [6.07, 6.45) is 6.20. The third kappa shape index (κ3) is 6.60. The van der Waals surface area contributed by atoms with Crippen molar-refractivity contribution >= 4 is 40.6 Å². The fraction of sp³-hybridized carbons (Fsp3) is 0.391. The molecule has 1 aromatic carbocycles. The molecular weight excluding hydrogens is 435 g/mol. The number of pyridine rings is 2. The number of rotatable bonds is 10. The number of nitrogens with zero attached hydrogens (tertiary/aromatic N) is 2. The smallest absolute Gasteiger partial charge is 0.223 e. The Morgan fingerprint density at radius 1 is 1.10 bits per heavy atom. The van der Waals surface area contributed by atoms with Crippen LogP contribution in [-0.2, 0) is 13.6 Å². The van der Waals surface area contributed by atoms with Crippen LogP contribution in [0.5, 0.6) is 5.75 Å². The molecule has 0 fully saturated rings. The number of hydrogen-bond acceptors (Lipinski definition) is 5. The fourth-order valence-electron chi connectivity index (χ4n) is 3.50. The summed E-state index contributed by atoms with van der Waals surface area (Å²) >= 11 is 6.04. The topological polar surface area (TPSA) is 79.2 Å². The second kappa shape index (κ2) is 11.9. The third-order valence-corrected chi connectivity index (χ3v) is 5.61. The van der Waals surface area contributed by atoms with E-state index in [9.17, 15) is 9.90 Å². The van der Waals surface area contributed by atoms with Gasteiger partial charge in [0.1, 0.15) is 0 Å². The zero-order valence-corrected chi connectivity index (χ0v) is 19.5. The van der Waals surface area contributed by atoms with Gasteiger partial charge in [-0.1, -0.05) is 24.4 Å². The van der Waals surface area contributed by atoms with Crippen LogP contribution in [0.25, 0.3) is 10.9 Å². The summed E-state index contributed by atoms with van der Waals surface area (Å²) in [7, 11) is 1.86. The zero-order valence-electron chi connectivity index (χ0n) is 17.9. The molecule has 168 valence electrons. The van der Waals surface area contributed by atoms with Gasteiger partial charge in [-0.3, -0.25) is 9.78 Å². The Morgan fingerprint density at radius 2 is 1.84 bits per heavy atom. The SMILES string of the molecule is Cc1cc(=O)c(O)c(CNCCCCCCNc2ccnc3cc(Cl)ccc23)n1C.Cl. The lowest BCUT2D eigenvalue weighted by Gasteiger charge is -2.14. The Kier molecular flexibility index (Phi) is 9.62. The minimum absolute atomic E-state index is 0. The van der Waals surface area contributed by atoms with Crippen molar-refractivity contribution in [3.8, 4) is 5.75 Å². The van der Waals surface area contributed by atoms with Crippen molar-refractivity contribution in [2.45, 2.75) is 39.2 Å². The van der Waals surface area contributed by atoms with Gasteiger partial charge >= 0.3 is 0 Å². The molecular formula is C23H30Cl2N4O2. The van der Waals surface area contributed by atoms with E-state index < -0.39 is 0 Å². The largest absolute Gasteiger partial charge is 0.503 e. The van der Waals surface area contributed by atoms with Crippen LogP contribution in [-0.4, -0.2) is 27.7 Å². The highest BCUT2D eigenvalue weighted by Gasteiger charge is 2.10. The van der Waals surface area contributed by atoms with E-state index in [0.717, 1.165) is 61.1 Å². The number of halogens is 2. The molecule has 0 aliphatic heterocycles. The Hall–Kier alpha value is -2.28. The second-order valence-corrected chi connectivity index (χ2v) is 7.98. The first-order valence-corrected chi connectivity index (χ1v) is 10.7. The van der Waals surface area contributed by atoms with E-state index in [1.54, 1.807) is 6.20 Å². The number of hydrogen-bond donors (Lipinski definition) is 3. The van der Waals surface area contributed by atoms with Gasteiger partial charge in [-0.05, 0) is 50.6 Å². The van der Waals surface area contributed by atoms with Gasteiger partial charge in [0.2, 0.25) is 5.43 Å². The van der Waals surface area contributed by atoms with Crippen LogP contribution in [0.15, 0.2) is 41.3 Å². The molecule has 2 aromatic heterocycles. The first kappa shape index (κ1) is 25.0. The summed E-state index contributed by atoms with van der Waals surface area (Å²) in [6.45, 7) is 4.11. The fourth-order valence-corrected chi connectivity index (χ4v) is 3.67. The summed E-state index contributed by atoms with van der Waals surface area (Å²) in [5, 5.41) is 18.6. The Labute approximate surface area is 194 Å². The lowest BCUT2D eigenvalue weighted by atomic mass is 10.1. The van der Waals surface area contributed by atoms with Gasteiger partial charge < -0.3 is 20.3 Å². The maximum absolute atomic E-state index is 11.7. The lowest BCUT2D eigenvalue weighted by molar-refractivity contribution is 0.445. The van der Waals surface area contributed by atoms with E-state index in [2.05, 4.69) is 15.6 Å². The van der Waals surface area contributed by atoms with Crippen molar-refractivity contribution in [1.82, 2.24) is 14.9 Å². The van der Waals surface area contributed by atoms with E-state index in [4.69, 9.17) is 11.6 Å². The Bertz CT molecular complexity index is 1070. The number of aromatic hydroxyl groups is 1. The average Bonchev–Trinajstić information content (AvgIpc) is 2.73. The summed E-state index contributed by atoms with van der Waals surface area (Å²) in [6, 6.07) is 9.22. The van der Waals surface area contributed by atoms with Gasteiger partial charge in [-0.15, -0.1) is 12.4 Å². The predicted molar refractivity (Wildman–Crippen MR) is 131 cm³/mol. The second-order valence-electron chi connectivity index (χ2n) is 7.54. The molecule has 0 aliphatic rings. The predicted octanol–water partition coefficient (Wildman–Crippen LogP) is 4.78. The molecule has 8 heteroatoms. The van der Waals surface area contributed by atoms with Crippen molar-refractivity contribution in [3.05, 3.63) is 63.2 Å². The maximum Gasteiger partial charge on any atom is 0.223 e. The van der Waals surface area contributed by atoms with Gasteiger partial charge in [-0.2, -0.15) is 0 Å². The lowest BCUT2D eigenvalue weighted by Crippen LogP contribution is -2.21. The van der Waals surface area contributed by atoms with Crippen LogP contribution < -0.4 is 16.1 Å². The molecule has 0 atom stereocenters. The maximum atomic E-state index is 11.7. The van der Waals surface area contributed by atoms with E-state index >= 15 is 0 Å². The molecule has 3 rings (SSSR count). The molecule has 2 heterocycles. The van der Waals surface area contributed by atoms with Crippen LogP contribution in [0.4, 0.5) is 5.69 Å². The Balaban J connectivity index is 0.00000341. The van der Waals surface area contributed by atoms with Crippen molar-refractivity contribution in [3.63, 3.8) is 0 Å². The van der Waals surface area contributed by atoms with Crippen molar-refractivity contribution in [2.24, 2.45) is 7.05 Å². The molecule has 31 heavy (non-hydrogen) atoms. The molecule has 3 aromatic rings. The van der Waals surface area contributed by atoms with E-state index in [0.29, 0.717) is 17.3 Å². The summed E-state index contributed by atoms with van der Waals surface area (Å²) < 4.78 is 1.85. The summed E-state index contributed by atoms with van der Waals surface area (Å²) in [5.41, 5.74) is 3.14. The molecule has 0 saturated carbocycles. The molecule has 0 aliphatic carbocycles. The molecule has 0 spiro atoms. The highest BCUT2D eigenvalue weighted by molar-refractivity contribution is 6.31. The van der Waals surface area contributed by atoms with E-state index in [1.807, 2.05) is 42.8 Å². The first-order chi connectivity index (χ1) is 14.5. The van der Waals surface area contributed by atoms with Crippen LogP contribution >= 0.6 is 24.0 Å². The van der Waals surface area contributed by atoms with Crippen molar-refractivity contribution in [2.75, 3.05) is 18.4 Å². The third-order valence-electron chi connectivity index (χ3n) is 5.37.